The SMILES string of the molecule is CCOC(=O)c1ccc(N2C=C(Oc3ccc4[nH]c(C)cc4c3F)c3cc[nH]c3C2)cc1. The minimum atomic E-state index is -0.402. The fourth-order valence-electron chi connectivity index (χ4n) is 3.93. The molecule has 0 fully saturated rings. The molecule has 2 N–H and O–H groups in total. The molecule has 0 aliphatic carbocycles. The van der Waals surface area contributed by atoms with Gasteiger partial charge in [-0.3, -0.25) is 0 Å². The van der Waals surface area contributed by atoms with E-state index in [2.05, 4.69) is 9.97 Å². The number of aromatic amines is 2. The Hall–Kier alpha value is -4.00. The second-order valence-corrected chi connectivity index (χ2v) is 7.65. The normalized spacial score (nSPS) is 13.1. The number of aromatic nitrogens is 2. The van der Waals surface area contributed by atoms with Crippen molar-refractivity contribution >= 4 is 28.3 Å². The maximum absolute atomic E-state index is 15.1. The number of fused-ring (bicyclic) bond motifs is 2. The van der Waals surface area contributed by atoms with Crippen molar-refractivity contribution in [3.8, 4) is 5.75 Å². The lowest BCUT2D eigenvalue weighted by molar-refractivity contribution is 0.0526. The summed E-state index contributed by atoms with van der Waals surface area (Å²) in [5, 5.41) is 0.497. The number of ether oxygens (including phenoxy) is 2. The van der Waals surface area contributed by atoms with Crippen molar-refractivity contribution in [2.24, 2.45) is 0 Å². The summed E-state index contributed by atoms with van der Waals surface area (Å²) in [5.74, 6) is -0.0580. The van der Waals surface area contributed by atoms with Crippen LogP contribution in [0.25, 0.3) is 16.7 Å². The highest BCUT2D eigenvalue weighted by molar-refractivity contribution is 5.90. The van der Waals surface area contributed by atoms with Gasteiger partial charge < -0.3 is 24.3 Å². The molecule has 3 heterocycles. The molecule has 0 amide bonds. The molecule has 6 nitrogen and oxygen atoms in total. The number of anilines is 1. The highest BCUT2D eigenvalue weighted by Gasteiger charge is 2.23. The van der Waals surface area contributed by atoms with Crippen molar-refractivity contribution < 1.29 is 18.7 Å². The first kappa shape index (κ1) is 19.9. The third-order valence-corrected chi connectivity index (χ3v) is 5.47. The van der Waals surface area contributed by atoms with E-state index < -0.39 is 5.82 Å². The predicted octanol–water partition coefficient (Wildman–Crippen LogP) is 5.52. The molecule has 7 heteroatoms. The molecule has 1 aliphatic rings. The van der Waals surface area contributed by atoms with Crippen molar-refractivity contribution in [1.29, 1.82) is 0 Å². The third-order valence-electron chi connectivity index (χ3n) is 5.47. The summed E-state index contributed by atoms with van der Waals surface area (Å²) in [7, 11) is 0. The number of hydrogen-bond acceptors (Lipinski definition) is 4. The summed E-state index contributed by atoms with van der Waals surface area (Å²) in [5.41, 5.74) is 4.82. The van der Waals surface area contributed by atoms with E-state index >= 15 is 4.39 Å². The molecule has 0 unspecified atom stereocenters. The standard InChI is InChI=1S/C25H22FN3O3/c1-3-31-25(30)16-4-6-17(7-5-16)29-13-21-18(10-11-27-21)23(14-29)32-22-9-8-20-19(24(22)26)12-15(2)28-20/h4-12,14,27-28H,3,13H2,1-2H3. The highest BCUT2D eigenvalue weighted by Crippen LogP contribution is 2.34. The van der Waals surface area contributed by atoms with Crippen LogP contribution in [0.2, 0.25) is 0 Å². The minimum absolute atomic E-state index is 0.161. The first-order chi connectivity index (χ1) is 15.5. The van der Waals surface area contributed by atoms with E-state index in [0.717, 1.165) is 28.2 Å². The number of carbonyl (C=O) groups is 1. The molecule has 162 valence electrons. The lowest BCUT2D eigenvalue weighted by atomic mass is 10.1. The Morgan fingerprint density at radius 2 is 1.97 bits per heavy atom. The monoisotopic (exact) mass is 431 g/mol. The molecule has 2 aromatic carbocycles. The smallest absolute Gasteiger partial charge is 0.338 e. The predicted molar refractivity (Wildman–Crippen MR) is 121 cm³/mol. The number of nitrogens with zero attached hydrogens (tertiary/aromatic N) is 1. The molecule has 4 aromatic rings. The molecular formula is C25H22FN3O3. The summed E-state index contributed by atoms with van der Waals surface area (Å²) < 4.78 is 26.2. The molecule has 0 saturated heterocycles. The van der Waals surface area contributed by atoms with Crippen LogP contribution in [0.3, 0.4) is 0 Å². The molecule has 0 spiro atoms. The molecule has 0 radical (unpaired) electrons. The molecule has 0 atom stereocenters. The van der Waals surface area contributed by atoms with Crippen LogP contribution >= 0.6 is 0 Å². The van der Waals surface area contributed by atoms with Gasteiger partial charge in [0.25, 0.3) is 0 Å². The van der Waals surface area contributed by atoms with Crippen LogP contribution in [0.4, 0.5) is 10.1 Å². The first-order valence-electron chi connectivity index (χ1n) is 10.4. The second kappa shape index (κ2) is 7.92. The van der Waals surface area contributed by atoms with E-state index in [1.165, 1.54) is 0 Å². The summed E-state index contributed by atoms with van der Waals surface area (Å²) >= 11 is 0. The number of nitrogens with one attached hydrogen (secondary N) is 2. The topological polar surface area (TPSA) is 70.3 Å². The van der Waals surface area contributed by atoms with Gasteiger partial charge in [0.1, 0.15) is 0 Å². The van der Waals surface area contributed by atoms with Gasteiger partial charge in [0.15, 0.2) is 17.3 Å². The van der Waals surface area contributed by atoms with Gasteiger partial charge in [-0.15, -0.1) is 0 Å². The molecule has 0 saturated carbocycles. The number of H-pyrrole nitrogens is 2. The summed E-state index contributed by atoms with van der Waals surface area (Å²) in [6.45, 7) is 4.59. The van der Waals surface area contributed by atoms with Gasteiger partial charge in [-0.25, -0.2) is 9.18 Å². The van der Waals surface area contributed by atoms with Crippen LogP contribution in [0.15, 0.2) is 60.9 Å². The van der Waals surface area contributed by atoms with Gasteiger partial charge in [0.2, 0.25) is 0 Å². The maximum Gasteiger partial charge on any atom is 0.338 e. The van der Waals surface area contributed by atoms with Crippen LogP contribution in [-0.4, -0.2) is 22.5 Å². The van der Waals surface area contributed by atoms with Crippen LogP contribution in [0, 0.1) is 12.7 Å². The molecule has 32 heavy (non-hydrogen) atoms. The average molecular weight is 431 g/mol. The number of carbonyl (C=O) groups excluding carboxylic acids is 1. The molecule has 0 bridgehead atoms. The molecule has 5 rings (SSSR count). The Bertz CT molecular complexity index is 1330. The molecule has 1 aliphatic heterocycles. The Morgan fingerprint density at radius 1 is 1.16 bits per heavy atom. The van der Waals surface area contributed by atoms with E-state index in [9.17, 15) is 4.79 Å². The zero-order chi connectivity index (χ0) is 22.2. The fraction of sp³-hybridized carbons (Fsp3) is 0.160. The maximum atomic E-state index is 15.1. The number of benzene rings is 2. The Balaban J connectivity index is 1.47. The Kier molecular flexibility index (Phi) is 4.93. The quantitative estimate of drug-likeness (QED) is 0.408. The van der Waals surface area contributed by atoms with Gasteiger partial charge in [-0.1, -0.05) is 0 Å². The Morgan fingerprint density at radius 3 is 2.75 bits per heavy atom. The lowest BCUT2D eigenvalue weighted by Gasteiger charge is -2.27. The average Bonchev–Trinajstić information content (AvgIpc) is 3.42. The first-order valence-corrected chi connectivity index (χ1v) is 10.4. The molecule has 2 aromatic heterocycles. The van der Waals surface area contributed by atoms with Crippen LogP contribution < -0.4 is 9.64 Å². The van der Waals surface area contributed by atoms with E-state index in [1.807, 2.05) is 48.5 Å². The van der Waals surface area contributed by atoms with Gasteiger partial charge in [-0.2, -0.15) is 0 Å². The van der Waals surface area contributed by atoms with E-state index in [1.54, 1.807) is 31.2 Å². The zero-order valence-electron chi connectivity index (χ0n) is 17.7. The Labute approximate surface area is 184 Å². The summed E-state index contributed by atoms with van der Waals surface area (Å²) in [6, 6.07) is 14.3. The van der Waals surface area contributed by atoms with E-state index in [0.29, 0.717) is 29.9 Å². The summed E-state index contributed by atoms with van der Waals surface area (Å²) in [6.07, 6.45) is 3.69. The molecular weight excluding hydrogens is 409 g/mol. The fourth-order valence-corrected chi connectivity index (χ4v) is 3.93. The van der Waals surface area contributed by atoms with Crippen molar-refractivity contribution in [2.45, 2.75) is 20.4 Å². The highest BCUT2D eigenvalue weighted by atomic mass is 19.1. The van der Waals surface area contributed by atoms with Crippen LogP contribution in [0.1, 0.15) is 34.2 Å². The number of aryl methyl sites for hydroxylation is 1. The number of esters is 1. The van der Waals surface area contributed by atoms with Gasteiger partial charge in [-0.05, 0) is 62.4 Å². The lowest BCUT2D eigenvalue weighted by Crippen LogP contribution is -2.22. The van der Waals surface area contributed by atoms with Crippen molar-refractivity contribution in [3.63, 3.8) is 0 Å². The van der Waals surface area contributed by atoms with Gasteiger partial charge >= 0.3 is 5.97 Å². The summed E-state index contributed by atoms with van der Waals surface area (Å²) in [4.78, 5) is 20.3. The zero-order valence-corrected chi connectivity index (χ0v) is 17.7. The van der Waals surface area contributed by atoms with Gasteiger partial charge in [0, 0.05) is 45.9 Å². The van der Waals surface area contributed by atoms with E-state index in [-0.39, 0.29) is 11.7 Å². The number of hydrogen-bond donors (Lipinski definition) is 2. The van der Waals surface area contributed by atoms with Crippen molar-refractivity contribution in [2.75, 3.05) is 11.5 Å². The third kappa shape index (κ3) is 3.51. The van der Waals surface area contributed by atoms with Crippen LogP contribution in [-0.2, 0) is 11.3 Å². The number of halogens is 1. The van der Waals surface area contributed by atoms with E-state index in [4.69, 9.17) is 9.47 Å². The minimum Gasteiger partial charge on any atom is -0.462 e. The van der Waals surface area contributed by atoms with Gasteiger partial charge in [0.05, 0.1) is 18.7 Å². The van der Waals surface area contributed by atoms with Crippen molar-refractivity contribution in [3.05, 3.63) is 89.3 Å². The second-order valence-electron chi connectivity index (χ2n) is 7.65. The number of rotatable bonds is 5. The largest absolute Gasteiger partial charge is 0.462 e. The van der Waals surface area contributed by atoms with Crippen molar-refractivity contribution in [1.82, 2.24) is 9.97 Å². The van der Waals surface area contributed by atoms with Crippen LogP contribution in [0.5, 0.6) is 5.75 Å².